The van der Waals surface area contributed by atoms with Gasteiger partial charge in [0.05, 0.1) is 17.8 Å². The number of hydrogen-bond acceptors (Lipinski definition) is 6. The number of ether oxygens (including phenoxy) is 1. The Morgan fingerprint density at radius 2 is 2.35 bits per heavy atom. The minimum atomic E-state index is 0.589. The lowest BCUT2D eigenvalue weighted by atomic mass is 10.3. The Kier molecular flexibility index (Phi) is 4.26. The molecule has 1 N–H and O–H groups in total. The van der Waals surface area contributed by atoms with Gasteiger partial charge in [0.25, 0.3) is 0 Å². The van der Waals surface area contributed by atoms with Crippen LogP contribution in [0.2, 0.25) is 0 Å². The third-order valence-electron chi connectivity index (χ3n) is 2.07. The van der Waals surface area contributed by atoms with Crippen LogP contribution in [0.3, 0.4) is 0 Å². The molecule has 0 unspecified atom stereocenters. The van der Waals surface area contributed by atoms with Gasteiger partial charge in [-0.05, 0) is 6.92 Å². The molecule has 2 aromatic heterocycles. The van der Waals surface area contributed by atoms with Crippen LogP contribution in [0.5, 0.6) is 5.88 Å². The van der Waals surface area contributed by atoms with Crippen LogP contribution in [0.4, 0.5) is 5.95 Å². The minimum absolute atomic E-state index is 0.589. The summed E-state index contributed by atoms with van der Waals surface area (Å²) in [5.41, 5.74) is 2.92. The van der Waals surface area contributed by atoms with Crippen molar-refractivity contribution in [1.29, 1.82) is 0 Å². The Labute approximate surface area is 104 Å². The smallest absolute Gasteiger partial charge is 0.225 e. The summed E-state index contributed by atoms with van der Waals surface area (Å²) in [5, 5.41) is 5.18. The summed E-state index contributed by atoms with van der Waals surface area (Å²) < 4.78 is 5.30. The zero-order valence-corrected chi connectivity index (χ0v) is 10.4. The number of aromatic nitrogens is 3. The molecule has 0 aromatic carbocycles. The molecule has 0 fully saturated rings. The Balaban J connectivity index is 1.84. The van der Waals surface area contributed by atoms with Crippen molar-refractivity contribution < 1.29 is 4.74 Å². The quantitative estimate of drug-likeness (QED) is 0.849. The molecule has 0 spiro atoms. The molecule has 0 saturated heterocycles. The van der Waals surface area contributed by atoms with Crippen LogP contribution in [0.25, 0.3) is 0 Å². The van der Waals surface area contributed by atoms with Gasteiger partial charge in [-0.15, -0.1) is 11.3 Å². The number of hydrogen-bond donors (Lipinski definition) is 1. The number of anilines is 1. The Bertz CT molecular complexity index is 446. The SMILES string of the molecule is CCOc1ccnc(NCCc2cscn2)n1. The molecule has 0 atom stereocenters. The fraction of sp³-hybridized carbons (Fsp3) is 0.364. The van der Waals surface area contributed by atoms with Crippen molar-refractivity contribution in [3.05, 3.63) is 28.8 Å². The molecule has 0 aliphatic carbocycles. The maximum absolute atomic E-state index is 5.30. The zero-order valence-electron chi connectivity index (χ0n) is 9.59. The van der Waals surface area contributed by atoms with Crippen molar-refractivity contribution in [3.8, 4) is 5.88 Å². The van der Waals surface area contributed by atoms with Crippen molar-refractivity contribution in [1.82, 2.24) is 15.0 Å². The van der Waals surface area contributed by atoms with E-state index in [2.05, 4.69) is 20.3 Å². The summed E-state index contributed by atoms with van der Waals surface area (Å²) in [5.74, 6) is 1.19. The molecular weight excluding hydrogens is 236 g/mol. The first kappa shape index (κ1) is 11.8. The lowest BCUT2D eigenvalue weighted by Crippen LogP contribution is -2.08. The highest BCUT2D eigenvalue weighted by Crippen LogP contribution is 2.08. The van der Waals surface area contributed by atoms with E-state index in [-0.39, 0.29) is 0 Å². The van der Waals surface area contributed by atoms with E-state index < -0.39 is 0 Å². The number of rotatable bonds is 6. The van der Waals surface area contributed by atoms with E-state index in [9.17, 15) is 0 Å². The highest BCUT2D eigenvalue weighted by atomic mass is 32.1. The summed E-state index contributed by atoms with van der Waals surface area (Å²) in [6.07, 6.45) is 2.55. The Morgan fingerprint density at radius 1 is 1.41 bits per heavy atom. The van der Waals surface area contributed by atoms with Crippen LogP contribution in [-0.4, -0.2) is 28.1 Å². The summed E-state index contributed by atoms with van der Waals surface area (Å²) in [7, 11) is 0. The molecule has 90 valence electrons. The van der Waals surface area contributed by atoms with Gasteiger partial charge in [-0.25, -0.2) is 9.97 Å². The van der Waals surface area contributed by atoms with Gasteiger partial charge in [-0.2, -0.15) is 4.98 Å². The molecule has 0 aliphatic rings. The number of nitrogens with zero attached hydrogens (tertiary/aromatic N) is 3. The second kappa shape index (κ2) is 6.15. The van der Waals surface area contributed by atoms with E-state index in [0.29, 0.717) is 18.4 Å². The molecule has 0 bridgehead atoms. The molecule has 2 heterocycles. The fourth-order valence-electron chi connectivity index (χ4n) is 1.32. The maximum atomic E-state index is 5.30. The van der Waals surface area contributed by atoms with Gasteiger partial charge < -0.3 is 10.1 Å². The van der Waals surface area contributed by atoms with Gasteiger partial charge in [0.2, 0.25) is 11.8 Å². The lowest BCUT2D eigenvalue weighted by molar-refractivity contribution is 0.326. The Morgan fingerprint density at radius 3 is 3.12 bits per heavy atom. The van der Waals surface area contributed by atoms with Gasteiger partial charge in [0.1, 0.15) is 0 Å². The van der Waals surface area contributed by atoms with Gasteiger partial charge in [-0.1, -0.05) is 0 Å². The largest absolute Gasteiger partial charge is 0.478 e. The molecule has 0 aliphatic heterocycles. The number of thiazole rings is 1. The first-order valence-corrected chi connectivity index (χ1v) is 6.39. The topological polar surface area (TPSA) is 59.9 Å². The van der Waals surface area contributed by atoms with E-state index in [1.54, 1.807) is 23.6 Å². The predicted molar refractivity (Wildman–Crippen MR) is 67.5 cm³/mol. The highest BCUT2D eigenvalue weighted by Gasteiger charge is 2.00. The van der Waals surface area contributed by atoms with Crippen LogP contribution in [0, 0.1) is 0 Å². The van der Waals surface area contributed by atoms with Crippen LogP contribution in [-0.2, 0) is 6.42 Å². The van der Waals surface area contributed by atoms with Crippen LogP contribution in [0.1, 0.15) is 12.6 Å². The van der Waals surface area contributed by atoms with Gasteiger partial charge >= 0.3 is 0 Å². The van der Waals surface area contributed by atoms with Gasteiger partial charge in [0, 0.05) is 30.6 Å². The van der Waals surface area contributed by atoms with Crippen LogP contribution < -0.4 is 10.1 Å². The van der Waals surface area contributed by atoms with Crippen LogP contribution in [0.15, 0.2) is 23.2 Å². The molecule has 17 heavy (non-hydrogen) atoms. The van der Waals surface area contributed by atoms with E-state index in [1.165, 1.54) is 0 Å². The molecule has 0 saturated carbocycles. The van der Waals surface area contributed by atoms with Crippen molar-refractivity contribution >= 4 is 17.3 Å². The monoisotopic (exact) mass is 250 g/mol. The standard InChI is InChI=1S/C11H14N4OS/c1-2-16-10-4-6-13-11(15-10)12-5-3-9-7-17-8-14-9/h4,6-8H,2-3,5H2,1H3,(H,12,13,15). The second-order valence-electron chi connectivity index (χ2n) is 3.31. The van der Waals surface area contributed by atoms with E-state index >= 15 is 0 Å². The van der Waals surface area contributed by atoms with Crippen molar-refractivity contribution in [2.45, 2.75) is 13.3 Å². The summed E-state index contributed by atoms with van der Waals surface area (Å²) >= 11 is 1.60. The lowest BCUT2D eigenvalue weighted by Gasteiger charge is -2.05. The van der Waals surface area contributed by atoms with Gasteiger partial charge in [-0.3, -0.25) is 0 Å². The normalized spacial score (nSPS) is 10.2. The molecule has 2 aromatic rings. The average molecular weight is 250 g/mol. The third-order valence-corrected chi connectivity index (χ3v) is 2.71. The zero-order chi connectivity index (χ0) is 11.9. The molecule has 0 amide bonds. The maximum Gasteiger partial charge on any atom is 0.225 e. The first-order chi connectivity index (χ1) is 8.38. The highest BCUT2D eigenvalue weighted by molar-refractivity contribution is 7.07. The Hall–Kier alpha value is -1.69. The van der Waals surface area contributed by atoms with Crippen molar-refractivity contribution in [3.63, 3.8) is 0 Å². The summed E-state index contributed by atoms with van der Waals surface area (Å²) in [4.78, 5) is 12.5. The third kappa shape index (κ3) is 3.67. The molecule has 0 radical (unpaired) electrons. The van der Waals surface area contributed by atoms with Gasteiger partial charge in [0.15, 0.2) is 0 Å². The molecular formula is C11H14N4OS. The van der Waals surface area contributed by atoms with Crippen molar-refractivity contribution in [2.24, 2.45) is 0 Å². The molecule has 5 nitrogen and oxygen atoms in total. The van der Waals surface area contributed by atoms with Crippen molar-refractivity contribution in [2.75, 3.05) is 18.5 Å². The van der Waals surface area contributed by atoms with Crippen LogP contribution >= 0.6 is 11.3 Å². The van der Waals surface area contributed by atoms with E-state index in [0.717, 1.165) is 18.7 Å². The molecule has 2 rings (SSSR count). The summed E-state index contributed by atoms with van der Waals surface area (Å²) in [6.45, 7) is 3.30. The second-order valence-corrected chi connectivity index (χ2v) is 4.03. The average Bonchev–Trinajstić information content (AvgIpc) is 2.83. The number of nitrogens with one attached hydrogen (secondary N) is 1. The molecule has 6 heteroatoms. The van der Waals surface area contributed by atoms with E-state index in [1.807, 2.05) is 17.8 Å². The summed E-state index contributed by atoms with van der Waals surface area (Å²) in [6, 6.07) is 1.75. The fourth-order valence-corrected chi connectivity index (χ4v) is 1.91. The minimum Gasteiger partial charge on any atom is -0.478 e. The first-order valence-electron chi connectivity index (χ1n) is 5.45. The van der Waals surface area contributed by atoms with E-state index in [4.69, 9.17) is 4.74 Å². The predicted octanol–water partition coefficient (Wildman–Crippen LogP) is 1.99.